The molecule has 2 aromatic rings. The summed E-state index contributed by atoms with van der Waals surface area (Å²) in [6, 6.07) is 3.17. The van der Waals surface area contributed by atoms with Gasteiger partial charge in [0, 0.05) is 24.5 Å². The first-order valence-electron chi connectivity index (χ1n) is 5.19. The van der Waals surface area contributed by atoms with E-state index in [1.165, 1.54) is 6.07 Å². The highest BCUT2D eigenvalue weighted by molar-refractivity contribution is 7.09. The number of thiazole rings is 1. The van der Waals surface area contributed by atoms with Crippen molar-refractivity contribution < 1.29 is 9.90 Å². The van der Waals surface area contributed by atoms with Gasteiger partial charge in [0.25, 0.3) is 0 Å². The number of carboxylic acids is 1. The van der Waals surface area contributed by atoms with Crippen molar-refractivity contribution in [2.45, 2.75) is 6.42 Å². The Morgan fingerprint density at radius 2 is 2.33 bits per heavy atom. The predicted molar refractivity (Wildman–Crippen MR) is 70.5 cm³/mol. The zero-order valence-electron chi connectivity index (χ0n) is 9.26. The molecule has 18 heavy (non-hydrogen) atoms. The van der Waals surface area contributed by atoms with Gasteiger partial charge in [-0.25, -0.2) is 14.8 Å². The number of nitrogens with one attached hydrogen (secondary N) is 1. The number of halogens is 1. The summed E-state index contributed by atoms with van der Waals surface area (Å²) >= 11 is 7.31. The first-order valence-corrected chi connectivity index (χ1v) is 6.44. The van der Waals surface area contributed by atoms with Crippen LogP contribution < -0.4 is 5.32 Å². The Balaban J connectivity index is 1.97. The van der Waals surface area contributed by atoms with Crippen molar-refractivity contribution in [1.82, 2.24) is 9.97 Å². The second-order valence-electron chi connectivity index (χ2n) is 3.43. The van der Waals surface area contributed by atoms with E-state index in [1.54, 1.807) is 23.6 Å². The molecular weight excluding hydrogens is 274 g/mol. The van der Waals surface area contributed by atoms with Gasteiger partial charge >= 0.3 is 5.97 Å². The van der Waals surface area contributed by atoms with E-state index in [0.29, 0.717) is 12.4 Å². The fraction of sp³-hybridized carbons (Fsp3) is 0.182. The van der Waals surface area contributed by atoms with Crippen LogP contribution in [0.1, 0.15) is 15.5 Å². The smallest absolute Gasteiger partial charge is 0.356 e. The lowest BCUT2D eigenvalue weighted by Crippen LogP contribution is -2.09. The van der Waals surface area contributed by atoms with Gasteiger partial charge in [0.05, 0.1) is 10.0 Å². The maximum atomic E-state index is 10.9. The molecule has 0 aliphatic rings. The van der Waals surface area contributed by atoms with Gasteiger partial charge in [-0.1, -0.05) is 11.6 Å². The Kier molecular flexibility index (Phi) is 4.11. The van der Waals surface area contributed by atoms with E-state index >= 15 is 0 Å². The third-order valence-electron chi connectivity index (χ3n) is 2.18. The maximum absolute atomic E-state index is 10.9. The van der Waals surface area contributed by atoms with Gasteiger partial charge in [0.1, 0.15) is 5.82 Å². The summed E-state index contributed by atoms with van der Waals surface area (Å²) in [5.74, 6) is -0.642. The van der Waals surface area contributed by atoms with Crippen molar-refractivity contribution in [2.75, 3.05) is 11.9 Å². The first-order chi connectivity index (χ1) is 8.66. The van der Waals surface area contributed by atoms with Crippen LogP contribution >= 0.6 is 22.9 Å². The molecule has 0 unspecified atom stereocenters. The number of carbonyl (C=O) groups is 1. The van der Waals surface area contributed by atoms with Crippen molar-refractivity contribution in [3.8, 4) is 0 Å². The molecule has 2 rings (SSSR count). The molecule has 0 spiro atoms. The van der Waals surface area contributed by atoms with Gasteiger partial charge < -0.3 is 10.4 Å². The maximum Gasteiger partial charge on any atom is 0.356 e. The standard InChI is InChI=1S/C11H10ClN3O2S/c12-7-1-2-8(15-10(7)11(16)17)13-4-3-9-14-5-6-18-9/h1-2,5-6H,3-4H2,(H,13,15)(H,16,17). The highest BCUT2D eigenvalue weighted by atomic mass is 35.5. The van der Waals surface area contributed by atoms with Crippen LogP contribution in [0.4, 0.5) is 5.82 Å². The van der Waals surface area contributed by atoms with Crippen LogP contribution in [0.15, 0.2) is 23.7 Å². The molecule has 0 radical (unpaired) electrons. The summed E-state index contributed by atoms with van der Waals surface area (Å²) in [5, 5.41) is 15.0. The molecule has 7 heteroatoms. The molecule has 0 saturated carbocycles. The number of hydrogen-bond acceptors (Lipinski definition) is 5. The number of rotatable bonds is 5. The average molecular weight is 284 g/mol. The predicted octanol–water partition coefficient (Wildman–Crippen LogP) is 2.54. The van der Waals surface area contributed by atoms with E-state index < -0.39 is 5.97 Å². The van der Waals surface area contributed by atoms with E-state index in [9.17, 15) is 4.79 Å². The normalized spacial score (nSPS) is 10.3. The van der Waals surface area contributed by atoms with Gasteiger partial charge in [-0.05, 0) is 12.1 Å². The lowest BCUT2D eigenvalue weighted by atomic mass is 10.3. The van der Waals surface area contributed by atoms with Crippen molar-refractivity contribution in [2.24, 2.45) is 0 Å². The molecule has 0 saturated heterocycles. The Morgan fingerprint density at radius 1 is 1.50 bits per heavy atom. The molecule has 94 valence electrons. The Bertz CT molecular complexity index is 545. The summed E-state index contributed by atoms with van der Waals surface area (Å²) in [4.78, 5) is 18.9. The molecule has 5 nitrogen and oxygen atoms in total. The zero-order chi connectivity index (χ0) is 13.0. The van der Waals surface area contributed by atoms with Crippen molar-refractivity contribution in [1.29, 1.82) is 0 Å². The van der Waals surface area contributed by atoms with Gasteiger partial charge in [0.2, 0.25) is 0 Å². The summed E-state index contributed by atoms with van der Waals surface area (Å²) < 4.78 is 0. The molecule has 0 aliphatic carbocycles. The number of aromatic carboxylic acids is 1. The highest BCUT2D eigenvalue weighted by Gasteiger charge is 2.11. The number of anilines is 1. The van der Waals surface area contributed by atoms with Crippen LogP contribution in [-0.2, 0) is 6.42 Å². The van der Waals surface area contributed by atoms with E-state index in [0.717, 1.165) is 11.4 Å². The molecule has 0 aromatic carbocycles. The third kappa shape index (κ3) is 3.18. The number of aromatic nitrogens is 2. The summed E-state index contributed by atoms with van der Waals surface area (Å²) in [6.07, 6.45) is 2.52. The average Bonchev–Trinajstić information content (AvgIpc) is 2.84. The molecule has 0 amide bonds. The Morgan fingerprint density at radius 3 is 3.00 bits per heavy atom. The van der Waals surface area contributed by atoms with Crippen molar-refractivity contribution in [3.63, 3.8) is 0 Å². The van der Waals surface area contributed by atoms with E-state index in [2.05, 4.69) is 15.3 Å². The van der Waals surface area contributed by atoms with Gasteiger partial charge in [0.15, 0.2) is 5.69 Å². The van der Waals surface area contributed by atoms with Gasteiger partial charge in [-0.3, -0.25) is 0 Å². The van der Waals surface area contributed by atoms with Crippen LogP contribution in [0.2, 0.25) is 5.02 Å². The second kappa shape index (κ2) is 5.79. The Hall–Kier alpha value is -1.66. The van der Waals surface area contributed by atoms with Crippen molar-refractivity contribution >= 4 is 34.7 Å². The van der Waals surface area contributed by atoms with E-state index in [1.807, 2.05) is 5.38 Å². The van der Waals surface area contributed by atoms with Gasteiger partial charge in [-0.2, -0.15) is 0 Å². The quantitative estimate of drug-likeness (QED) is 0.882. The second-order valence-corrected chi connectivity index (χ2v) is 4.82. The van der Waals surface area contributed by atoms with Crippen LogP contribution in [0.5, 0.6) is 0 Å². The minimum Gasteiger partial charge on any atom is -0.476 e. The number of carboxylic acid groups (broad SMARTS) is 1. The van der Waals surface area contributed by atoms with Gasteiger partial charge in [-0.15, -0.1) is 11.3 Å². The summed E-state index contributed by atoms with van der Waals surface area (Å²) in [5.41, 5.74) is -0.143. The lowest BCUT2D eigenvalue weighted by molar-refractivity contribution is 0.0691. The molecule has 0 atom stereocenters. The summed E-state index contributed by atoms with van der Waals surface area (Å²) in [6.45, 7) is 0.640. The number of hydrogen-bond donors (Lipinski definition) is 2. The van der Waals surface area contributed by atoms with E-state index in [4.69, 9.17) is 16.7 Å². The lowest BCUT2D eigenvalue weighted by Gasteiger charge is -2.06. The summed E-state index contributed by atoms with van der Waals surface area (Å²) in [7, 11) is 0. The van der Waals surface area contributed by atoms with Crippen LogP contribution in [0.25, 0.3) is 0 Å². The topological polar surface area (TPSA) is 75.1 Å². The first kappa shape index (κ1) is 12.8. The largest absolute Gasteiger partial charge is 0.476 e. The minimum atomic E-state index is -1.14. The highest BCUT2D eigenvalue weighted by Crippen LogP contribution is 2.16. The molecule has 2 heterocycles. The van der Waals surface area contributed by atoms with Crippen LogP contribution in [0.3, 0.4) is 0 Å². The van der Waals surface area contributed by atoms with Crippen LogP contribution in [-0.4, -0.2) is 27.6 Å². The van der Waals surface area contributed by atoms with Crippen LogP contribution in [0, 0.1) is 0 Å². The monoisotopic (exact) mass is 283 g/mol. The fourth-order valence-electron chi connectivity index (χ4n) is 1.36. The Labute approximate surface area is 112 Å². The molecule has 2 aromatic heterocycles. The zero-order valence-corrected chi connectivity index (χ0v) is 10.8. The molecular formula is C11H10ClN3O2S. The minimum absolute atomic E-state index is 0.132. The third-order valence-corrected chi connectivity index (χ3v) is 3.32. The SMILES string of the molecule is O=C(O)c1nc(NCCc2nccs2)ccc1Cl. The molecule has 0 aliphatic heterocycles. The van der Waals surface area contributed by atoms with Crippen molar-refractivity contribution in [3.05, 3.63) is 39.4 Å². The molecule has 0 bridgehead atoms. The fourth-order valence-corrected chi connectivity index (χ4v) is 2.17. The number of nitrogens with zero attached hydrogens (tertiary/aromatic N) is 2. The number of pyridine rings is 1. The van der Waals surface area contributed by atoms with E-state index in [-0.39, 0.29) is 10.7 Å². The molecule has 2 N–H and O–H groups in total. The molecule has 0 fully saturated rings.